The maximum absolute atomic E-state index is 6.25. The maximum Gasteiger partial charge on any atom is 0.461 e. The zero-order valence-electron chi connectivity index (χ0n) is 13.5. The highest BCUT2D eigenvalue weighted by molar-refractivity contribution is 6.47. The van der Waals surface area contributed by atoms with Crippen molar-refractivity contribution in [3.63, 3.8) is 0 Å². The van der Waals surface area contributed by atoms with Gasteiger partial charge >= 0.3 is 7.12 Å². The van der Waals surface area contributed by atoms with Crippen molar-refractivity contribution >= 4 is 7.12 Å². The molecule has 0 aromatic carbocycles. The van der Waals surface area contributed by atoms with E-state index in [2.05, 4.69) is 34.6 Å². The molecule has 1 aliphatic carbocycles. The predicted octanol–water partition coefficient (Wildman–Crippen LogP) is 4.83. The van der Waals surface area contributed by atoms with E-state index in [1.807, 2.05) is 0 Å². The maximum atomic E-state index is 6.25. The van der Waals surface area contributed by atoms with Crippen LogP contribution < -0.4 is 0 Å². The first-order valence-electron chi connectivity index (χ1n) is 8.17. The van der Waals surface area contributed by atoms with Gasteiger partial charge in [0.2, 0.25) is 0 Å². The Hall–Kier alpha value is -0.0151. The summed E-state index contributed by atoms with van der Waals surface area (Å²) in [6.07, 6.45) is 9.34. The monoisotopic (exact) mass is 266 g/mol. The van der Waals surface area contributed by atoms with E-state index in [1.165, 1.54) is 44.9 Å². The molecule has 2 rings (SSSR count). The van der Waals surface area contributed by atoms with Crippen molar-refractivity contribution in [1.29, 1.82) is 0 Å². The first-order valence-corrected chi connectivity index (χ1v) is 8.17. The van der Waals surface area contributed by atoms with Crippen molar-refractivity contribution in [3.8, 4) is 0 Å². The second-order valence-electron chi connectivity index (χ2n) is 7.71. The van der Waals surface area contributed by atoms with E-state index in [4.69, 9.17) is 9.31 Å². The van der Waals surface area contributed by atoms with Gasteiger partial charge in [0.15, 0.2) is 0 Å². The minimum absolute atomic E-state index is 0.0124. The molecular formula is C16H31BO2. The zero-order chi connectivity index (χ0) is 14.1. The quantitative estimate of drug-likeness (QED) is 0.633. The van der Waals surface area contributed by atoms with Crippen LogP contribution in [0.1, 0.15) is 79.6 Å². The lowest BCUT2D eigenvalue weighted by atomic mass is 9.67. The molecule has 1 saturated carbocycles. The number of hydrogen-bond donors (Lipinski definition) is 0. The third-order valence-electron chi connectivity index (χ3n) is 5.45. The lowest BCUT2D eigenvalue weighted by molar-refractivity contribution is 0.00578. The van der Waals surface area contributed by atoms with E-state index in [9.17, 15) is 0 Å². The lowest BCUT2D eigenvalue weighted by Crippen LogP contribution is -2.41. The highest BCUT2D eigenvalue weighted by Gasteiger charge is 2.53. The molecule has 110 valence electrons. The molecule has 2 unspecified atom stereocenters. The zero-order valence-corrected chi connectivity index (χ0v) is 13.5. The van der Waals surface area contributed by atoms with Gasteiger partial charge in [-0.25, -0.2) is 0 Å². The summed E-state index contributed by atoms with van der Waals surface area (Å²) in [5.74, 6) is 1.49. The van der Waals surface area contributed by atoms with Crippen LogP contribution in [0.25, 0.3) is 0 Å². The highest BCUT2D eigenvalue weighted by Crippen LogP contribution is 2.43. The Morgan fingerprint density at radius 1 is 0.789 bits per heavy atom. The molecule has 1 saturated heterocycles. The van der Waals surface area contributed by atoms with Crippen molar-refractivity contribution in [3.05, 3.63) is 0 Å². The third kappa shape index (κ3) is 3.55. The molecule has 2 fully saturated rings. The van der Waals surface area contributed by atoms with E-state index in [0.717, 1.165) is 5.92 Å². The fraction of sp³-hybridized carbons (Fsp3) is 1.00. The van der Waals surface area contributed by atoms with Gasteiger partial charge in [0.1, 0.15) is 0 Å². The summed E-state index contributed by atoms with van der Waals surface area (Å²) in [7, 11) is 0.0124. The molecule has 0 spiro atoms. The highest BCUT2D eigenvalue weighted by atomic mass is 16.7. The van der Waals surface area contributed by atoms with Crippen LogP contribution >= 0.6 is 0 Å². The van der Waals surface area contributed by atoms with Gasteiger partial charge in [-0.3, -0.25) is 0 Å². The molecule has 0 bridgehead atoms. The Morgan fingerprint density at radius 3 is 1.89 bits per heavy atom. The fourth-order valence-corrected chi connectivity index (χ4v) is 3.27. The molecule has 2 atom stereocenters. The third-order valence-corrected chi connectivity index (χ3v) is 5.45. The van der Waals surface area contributed by atoms with Crippen LogP contribution in [0.2, 0.25) is 5.82 Å². The number of rotatable bonds is 1. The molecule has 1 heterocycles. The van der Waals surface area contributed by atoms with Crippen LogP contribution in [0.3, 0.4) is 0 Å². The molecule has 2 nitrogen and oxygen atoms in total. The Labute approximate surface area is 119 Å². The van der Waals surface area contributed by atoms with E-state index in [0.29, 0.717) is 5.82 Å². The predicted molar refractivity (Wildman–Crippen MR) is 81.3 cm³/mol. The number of hydrogen-bond acceptors (Lipinski definition) is 2. The first kappa shape index (κ1) is 15.4. The summed E-state index contributed by atoms with van der Waals surface area (Å²) >= 11 is 0. The lowest BCUT2D eigenvalue weighted by Gasteiger charge is -2.32. The van der Waals surface area contributed by atoms with Gasteiger partial charge in [0.05, 0.1) is 11.2 Å². The smallest absolute Gasteiger partial charge is 0.403 e. The summed E-state index contributed by atoms with van der Waals surface area (Å²) in [6, 6.07) is 0. The van der Waals surface area contributed by atoms with Crippen LogP contribution in [0.4, 0.5) is 0 Å². The Balaban J connectivity index is 1.97. The van der Waals surface area contributed by atoms with Gasteiger partial charge in [-0.1, -0.05) is 51.9 Å². The second-order valence-corrected chi connectivity index (χ2v) is 7.71. The molecular weight excluding hydrogens is 235 g/mol. The molecule has 1 aliphatic heterocycles. The average Bonchev–Trinajstić information content (AvgIpc) is 2.57. The van der Waals surface area contributed by atoms with Crippen LogP contribution in [0.15, 0.2) is 0 Å². The minimum atomic E-state index is -0.177. The average molecular weight is 266 g/mol. The fourth-order valence-electron chi connectivity index (χ4n) is 3.27. The van der Waals surface area contributed by atoms with E-state index >= 15 is 0 Å². The molecule has 0 radical (unpaired) electrons. The van der Waals surface area contributed by atoms with Crippen molar-refractivity contribution in [2.24, 2.45) is 5.92 Å². The standard InChI is InChI=1S/C16H31BO2/c1-13-9-6-7-11-14(12-8-10-13)17-18-15(2,3)16(4,5)19-17/h13-14H,6-12H2,1-5H3. The SMILES string of the molecule is CC1CCCCC(B2OC(C)(C)C(C)(C)O2)CCC1. The molecule has 0 amide bonds. The second kappa shape index (κ2) is 5.77. The van der Waals surface area contributed by atoms with Gasteiger partial charge in [0.25, 0.3) is 0 Å². The van der Waals surface area contributed by atoms with Crippen LogP contribution in [-0.4, -0.2) is 18.3 Å². The van der Waals surface area contributed by atoms with Crippen LogP contribution in [0.5, 0.6) is 0 Å². The summed E-state index contributed by atoms with van der Waals surface area (Å²) in [6.45, 7) is 11.0. The topological polar surface area (TPSA) is 18.5 Å². The Morgan fingerprint density at radius 2 is 1.26 bits per heavy atom. The minimum Gasteiger partial charge on any atom is -0.403 e. The largest absolute Gasteiger partial charge is 0.461 e. The normalized spacial score (nSPS) is 35.5. The molecule has 0 aromatic heterocycles. The summed E-state index contributed by atoms with van der Waals surface area (Å²) in [5, 5.41) is 0. The Bertz CT molecular complexity index is 285. The van der Waals surface area contributed by atoms with Crippen LogP contribution in [0, 0.1) is 5.92 Å². The van der Waals surface area contributed by atoms with Gasteiger partial charge in [0, 0.05) is 0 Å². The molecule has 0 aromatic rings. The van der Waals surface area contributed by atoms with E-state index in [-0.39, 0.29) is 18.3 Å². The summed E-state index contributed by atoms with van der Waals surface area (Å²) in [4.78, 5) is 0. The van der Waals surface area contributed by atoms with E-state index < -0.39 is 0 Å². The van der Waals surface area contributed by atoms with Crippen LogP contribution in [-0.2, 0) is 9.31 Å². The van der Waals surface area contributed by atoms with Gasteiger partial charge in [-0.05, 0) is 39.4 Å². The van der Waals surface area contributed by atoms with Crippen molar-refractivity contribution in [2.75, 3.05) is 0 Å². The molecule has 2 aliphatic rings. The summed E-state index contributed by atoms with van der Waals surface area (Å²) < 4.78 is 12.5. The van der Waals surface area contributed by atoms with E-state index in [1.54, 1.807) is 0 Å². The van der Waals surface area contributed by atoms with Crippen molar-refractivity contribution < 1.29 is 9.31 Å². The van der Waals surface area contributed by atoms with Gasteiger partial charge in [-0.2, -0.15) is 0 Å². The Kier molecular flexibility index (Phi) is 4.67. The summed E-state index contributed by atoms with van der Waals surface area (Å²) in [5.41, 5.74) is -0.354. The molecule has 3 heteroatoms. The molecule has 0 N–H and O–H groups in total. The molecule has 19 heavy (non-hydrogen) atoms. The van der Waals surface area contributed by atoms with Crippen molar-refractivity contribution in [1.82, 2.24) is 0 Å². The first-order chi connectivity index (χ1) is 8.82. The van der Waals surface area contributed by atoms with Gasteiger partial charge < -0.3 is 9.31 Å². The van der Waals surface area contributed by atoms with Gasteiger partial charge in [-0.15, -0.1) is 0 Å². The van der Waals surface area contributed by atoms with Crippen molar-refractivity contribution in [2.45, 2.75) is 96.6 Å².